The Bertz CT molecular complexity index is 926. The topological polar surface area (TPSA) is 103 Å². The highest BCUT2D eigenvalue weighted by Gasteiger charge is 2.27. The van der Waals surface area contributed by atoms with E-state index in [0.29, 0.717) is 18.9 Å². The Kier molecular flexibility index (Phi) is 4.51. The summed E-state index contributed by atoms with van der Waals surface area (Å²) in [7, 11) is 2.12. The number of aromatic nitrogens is 5. The summed E-state index contributed by atoms with van der Waals surface area (Å²) >= 11 is 1.69. The molecular weight excluding hydrogens is 354 g/mol. The minimum Gasteiger partial charge on any atom is -0.392 e. The van der Waals surface area contributed by atoms with E-state index in [1.165, 1.54) is 10.4 Å². The summed E-state index contributed by atoms with van der Waals surface area (Å²) in [6.45, 7) is 6.12. The van der Waals surface area contributed by atoms with Gasteiger partial charge in [0.2, 0.25) is 0 Å². The van der Waals surface area contributed by atoms with Gasteiger partial charge in [-0.3, -0.25) is 0 Å². The summed E-state index contributed by atoms with van der Waals surface area (Å²) < 4.78 is 1.69. The molecule has 140 valence electrons. The molecule has 0 radical (unpaired) electrons. The van der Waals surface area contributed by atoms with Crippen molar-refractivity contribution in [1.82, 2.24) is 29.9 Å². The van der Waals surface area contributed by atoms with Gasteiger partial charge in [0.15, 0.2) is 0 Å². The summed E-state index contributed by atoms with van der Waals surface area (Å²) in [4.78, 5) is 11.2. The molecule has 3 aromatic heterocycles. The summed E-state index contributed by atoms with van der Waals surface area (Å²) in [5.41, 5.74) is 1.28. The van der Waals surface area contributed by atoms with Crippen molar-refractivity contribution in [2.45, 2.75) is 39.0 Å². The third kappa shape index (κ3) is 3.02. The first-order chi connectivity index (χ1) is 12.4. The zero-order chi connectivity index (χ0) is 18.4. The van der Waals surface area contributed by atoms with Gasteiger partial charge in [0.1, 0.15) is 10.6 Å². The number of rotatable bonds is 5. The molecule has 0 saturated carbocycles. The Labute approximate surface area is 154 Å². The van der Waals surface area contributed by atoms with Gasteiger partial charge in [-0.1, -0.05) is 5.10 Å². The number of hydrogen-bond acceptors (Lipinski definition) is 9. The van der Waals surface area contributed by atoms with Crippen LogP contribution in [0.2, 0.25) is 0 Å². The fourth-order valence-corrected chi connectivity index (χ4v) is 4.91. The number of thiophene rings is 1. The van der Waals surface area contributed by atoms with Crippen LogP contribution < -0.4 is 4.90 Å². The fourth-order valence-electron chi connectivity index (χ4n) is 3.54. The predicted molar refractivity (Wildman–Crippen MR) is 99.6 cm³/mol. The minimum absolute atomic E-state index is 0.384. The molecule has 1 aliphatic heterocycles. The van der Waals surface area contributed by atoms with Gasteiger partial charge in [-0.15, -0.1) is 11.3 Å². The lowest BCUT2D eigenvalue weighted by Crippen LogP contribution is -2.37. The molecule has 4 heterocycles. The van der Waals surface area contributed by atoms with Gasteiger partial charge in [-0.2, -0.15) is 9.50 Å². The van der Waals surface area contributed by atoms with E-state index in [4.69, 9.17) is 4.98 Å². The van der Waals surface area contributed by atoms with Crippen molar-refractivity contribution in [3.05, 3.63) is 10.4 Å². The van der Waals surface area contributed by atoms with E-state index in [9.17, 15) is 10.2 Å². The van der Waals surface area contributed by atoms with Crippen molar-refractivity contribution in [3.8, 4) is 0 Å². The summed E-state index contributed by atoms with van der Waals surface area (Å²) in [6.07, 6.45) is -0.150. The summed E-state index contributed by atoms with van der Waals surface area (Å²) in [6, 6.07) is 0. The molecule has 2 atom stereocenters. The van der Waals surface area contributed by atoms with Crippen molar-refractivity contribution < 1.29 is 10.2 Å². The van der Waals surface area contributed by atoms with E-state index < -0.39 is 12.2 Å². The lowest BCUT2D eigenvalue weighted by molar-refractivity contribution is 0.178. The summed E-state index contributed by atoms with van der Waals surface area (Å²) in [5.74, 6) is 1.17. The molecule has 9 nitrogen and oxygen atoms in total. The number of nitrogens with zero attached hydrogens (tertiary/aromatic N) is 7. The Morgan fingerprint density at radius 1 is 1.23 bits per heavy atom. The maximum Gasteiger partial charge on any atom is 0.276 e. The highest BCUT2D eigenvalue weighted by Crippen LogP contribution is 2.39. The monoisotopic (exact) mass is 377 g/mol. The third-order valence-corrected chi connectivity index (χ3v) is 5.77. The first-order valence-corrected chi connectivity index (χ1v) is 9.57. The van der Waals surface area contributed by atoms with Gasteiger partial charge in [0.05, 0.1) is 17.6 Å². The number of tetrazole rings is 1. The standard InChI is InChI=1S/C16H23N7O2S/c1-9(24)6-22(7-10(2)25)14-13-11-4-5-21(3)8-12(11)26-15(13)23-16(17-14)18-19-20-23/h9-10,24-25H,4-8H2,1-3H3/t9-,10+. The van der Waals surface area contributed by atoms with Crippen LogP contribution in [-0.4, -0.2) is 79.0 Å². The lowest BCUT2D eigenvalue weighted by atomic mass is 10.0. The number of fused-ring (bicyclic) bond motifs is 5. The molecule has 0 fully saturated rings. The second-order valence-electron chi connectivity index (χ2n) is 7.10. The van der Waals surface area contributed by atoms with Crippen LogP contribution in [-0.2, 0) is 13.0 Å². The minimum atomic E-state index is -0.543. The number of aliphatic hydroxyl groups excluding tert-OH is 2. The van der Waals surface area contributed by atoms with Crippen LogP contribution in [0.5, 0.6) is 0 Å². The molecule has 4 rings (SSSR count). The second-order valence-corrected chi connectivity index (χ2v) is 8.18. The van der Waals surface area contributed by atoms with Crippen molar-refractivity contribution in [3.63, 3.8) is 0 Å². The molecule has 10 heteroatoms. The van der Waals surface area contributed by atoms with Gasteiger partial charge in [0, 0.05) is 31.1 Å². The smallest absolute Gasteiger partial charge is 0.276 e. The van der Waals surface area contributed by atoms with Gasteiger partial charge in [-0.05, 0) is 43.3 Å². The molecule has 0 amide bonds. The Balaban J connectivity index is 1.96. The van der Waals surface area contributed by atoms with Crippen LogP contribution >= 0.6 is 11.3 Å². The quantitative estimate of drug-likeness (QED) is 0.654. The number of hydrogen-bond donors (Lipinski definition) is 2. The van der Waals surface area contributed by atoms with Crippen LogP contribution in [0.25, 0.3) is 16.0 Å². The molecule has 0 aromatic carbocycles. The van der Waals surface area contributed by atoms with Gasteiger partial charge >= 0.3 is 0 Å². The Morgan fingerprint density at radius 3 is 2.65 bits per heavy atom. The highest BCUT2D eigenvalue weighted by molar-refractivity contribution is 7.19. The average molecular weight is 377 g/mol. The number of likely N-dealkylation sites (N-methyl/N-ethyl adjacent to an activating group) is 1. The van der Waals surface area contributed by atoms with Crippen LogP contribution in [0.1, 0.15) is 24.3 Å². The molecule has 0 unspecified atom stereocenters. The third-order valence-electron chi connectivity index (χ3n) is 4.57. The van der Waals surface area contributed by atoms with E-state index in [1.54, 1.807) is 29.7 Å². The van der Waals surface area contributed by atoms with Gasteiger partial charge in [-0.25, -0.2) is 0 Å². The molecule has 0 bridgehead atoms. The van der Waals surface area contributed by atoms with E-state index in [-0.39, 0.29) is 0 Å². The van der Waals surface area contributed by atoms with E-state index in [0.717, 1.165) is 35.5 Å². The van der Waals surface area contributed by atoms with Crippen molar-refractivity contribution >= 4 is 33.1 Å². The first-order valence-electron chi connectivity index (χ1n) is 8.76. The van der Waals surface area contributed by atoms with Crippen molar-refractivity contribution in [2.75, 3.05) is 31.6 Å². The highest BCUT2D eigenvalue weighted by atomic mass is 32.1. The van der Waals surface area contributed by atoms with Crippen LogP contribution in [0.4, 0.5) is 5.82 Å². The van der Waals surface area contributed by atoms with Crippen LogP contribution in [0, 0.1) is 0 Å². The zero-order valence-electron chi connectivity index (χ0n) is 15.1. The largest absolute Gasteiger partial charge is 0.392 e. The Morgan fingerprint density at radius 2 is 1.96 bits per heavy atom. The molecule has 3 aromatic rings. The van der Waals surface area contributed by atoms with Gasteiger partial charge < -0.3 is 20.0 Å². The maximum atomic E-state index is 9.97. The lowest BCUT2D eigenvalue weighted by Gasteiger charge is -2.28. The van der Waals surface area contributed by atoms with Crippen molar-refractivity contribution in [2.24, 2.45) is 0 Å². The zero-order valence-corrected chi connectivity index (χ0v) is 15.9. The average Bonchev–Trinajstić information content (AvgIpc) is 3.15. The van der Waals surface area contributed by atoms with Crippen molar-refractivity contribution in [1.29, 1.82) is 0 Å². The summed E-state index contributed by atoms with van der Waals surface area (Å²) in [5, 5.41) is 32.9. The van der Waals surface area contributed by atoms with Crippen LogP contribution in [0.15, 0.2) is 0 Å². The normalized spacial score (nSPS) is 17.6. The SMILES string of the molecule is C[C@H](O)CN(C[C@@H](C)O)c1nc2nnnn2c2sc3c(c12)CCN(C)C3. The molecule has 1 aliphatic rings. The molecule has 0 saturated heterocycles. The molecule has 0 spiro atoms. The van der Waals surface area contributed by atoms with E-state index >= 15 is 0 Å². The molecule has 0 aliphatic carbocycles. The first kappa shape index (κ1) is 17.5. The Hall–Kier alpha value is -1.88. The number of aliphatic hydroxyl groups is 2. The van der Waals surface area contributed by atoms with E-state index in [1.807, 2.05) is 4.90 Å². The van der Waals surface area contributed by atoms with Crippen LogP contribution in [0.3, 0.4) is 0 Å². The molecule has 2 N–H and O–H groups in total. The second kappa shape index (κ2) is 6.69. The molecule has 26 heavy (non-hydrogen) atoms. The fraction of sp³-hybridized carbons (Fsp3) is 0.625. The molecular formula is C16H23N7O2S. The van der Waals surface area contributed by atoms with Gasteiger partial charge in [0.25, 0.3) is 5.78 Å². The number of anilines is 1. The predicted octanol–water partition coefficient (Wildman–Crippen LogP) is 0.290. The van der Waals surface area contributed by atoms with E-state index in [2.05, 4.69) is 27.5 Å². The maximum absolute atomic E-state index is 9.97.